The summed E-state index contributed by atoms with van der Waals surface area (Å²) in [6, 6.07) is 11.4. The molecule has 0 fully saturated rings. The number of hydrogen-bond donors (Lipinski definition) is 3. The highest BCUT2D eigenvalue weighted by molar-refractivity contribution is 6.30. The summed E-state index contributed by atoms with van der Waals surface area (Å²) in [6.07, 6.45) is 0.543. The highest BCUT2D eigenvalue weighted by atomic mass is 35.5. The van der Waals surface area contributed by atoms with Crippen molar-refractivity contribution in [2.24, 2.45) is 0 Å². The van der Waals surface area contributed by atoms with Gasteiger partial charge in [-0.05, 0) is 48.4 Å². The van der Waals surface area contributed by atoms with E-state index in [-0.39, 0.29) is 12.2 Å². The molecule has 150 valence electrons. The van der Waals surface area contributed by atoms with Crippen LogP contribution in [0.2, 0.25) is 5.02 Å². The van der Waals surface area contributed by atoms with Crippen LogP contribution in [0.15, 0.2) is 53.1 Å². The molecule has 0 aliphatic carbocycles. The summed E-state index contributed by atoms with van der Waals surface area (Å²) in [5, 5.41) is 18.5. The number of nitrogens with zero attached hydrogens (tertiary/aromatic N) is 2. The molecule has 2 aromatic carbocycles. The molecule has 10 heteroatoms. The first kappa shape index (κ1) is 20.3. The van der Waals surface area contributed by atoms with Crippen LogP contribution in [0.5, 0.6) is 0 Å². The van der Waals surface area contributed by atoms with Gasteiger partial charge in [-0.25, -0.2) is 14.0 Å². The average molecular weight is 419 g/mol. The number of benzene rings is 2. The molecule has 1 heterocycles. The third-order valence-electron chi connectivity index (χ3n) is 3.91. The molecule has 29 heavy (non-hydrogen) atoms. The van der Waals surface area contributed by atoms with Crippen LogP contribution in [-0.2, 0) is 12.8 Å². The molecule has 0 saturated carbocycles. The number of rotatable bonds is 7. The number of carboxylic acid groups (broad SMARTS) is 1. The van der Waals surface area contributed by atoms with Crippen molar-refractivity contribution in [3.8, 4) is 0 Å². The summed E-state index contributed by atoms with van der Waals surface area (Å²) in [4.78, 5) is 27.1. The predicted molar refractivity (Wildman–Crippen MR) is 102 cm³/mol. The number of carboxylic acids is 1. The van der Waals surface area contributed by atoms with Crippen molar-refractivity contribution in [2.75, 3.05) is 5.32 Å². The van der Waals surface area contributed by atoms with Crippen LogP contribution in [0.1, 0.15) is 22.1 Å². The minimum atomic E-state index is -1.33. The molecule has 3 aromatic rings. The van der Waals surface area contributed by atoms with E-state index >= 15 is 0 Å². The molecule has 0 radical (unpaired) electrons. The Morgan fingerprint density at radius 3 is 2.41 bits per heavy atom. The lowest BCUT2D eigenvalue weighted by atomic mass is 10.0. The predicted octanol–water partition coefficient (Wildman–Crippen LogP) is 3.54. The van der Waals surface area contributed by atoms with E-state index in [2.05, 4.69) is 25.3 Å². The number of anilines is 1. The first-order valence-corrected chi connectivity index (χ1v) is 8.90. The van der Waals surface area contributed by atoms with Crippen LogP contribution in [0.3, 0.4) is 0 Å². The summed E-state index contributed by atoms with van der Waals surface area (Å²) in [5.41, 5.74) is 1.31. The molecule has 3 rings (SSSR count). The van der Waals surface area contributed by atoms with Gasteiger partial charge in [-0.15, -0.1) is 0 Å². The molecule has 8 nitrogen and oxygen atoms in total. The zero-order chi connectivity index (χ0) is 20.8. The first-order chi connectivity index (χ1) is 13.9. The molecule has 0 aliphatic rings. The largest absolute Gasteiger partial charge is 0.474 e. The monoisotopic (exact) mass is 418 g/mol. The van der Waals surface area contributed by atoms with Gasteiger partial charge in [0.05, 0.1) is 0 Å². The number of carbonyl (C=O) groups excluding carboxylic acids is 1. The fourth-order valence-corrected chi connectivity index (χ4v) is 2.74. The Balaban J connectivity index is 1.71. The molecule has 0 unspecified atom stereocenters. The molecular weight excluding hydrogens is 403 g/mol. The molecule has 1 aromatic heterocycles. The van der Waals surface area contributed by atoms with Gasteiger partial charge in [0.25, 0.3) is 0 Å². The van der Waals surface area contributed by atoms with Crippen molar-refractivity contribution in [1.29, 1.82) is 0 Å². The van der Waals surface area contributed by atoms with Gasteiger partial charge in [-0.1, -0.05) is 28.9 Å². The molecule has 3 N–H and O–H groups in total. The Labute approximate surface area is 169 Å². The third-order valence-corrected chi connectivity index (χ3v) is 4.16. The van der Waals surface area contributed by atoms with Crippen molar-refractivity contribution in [3.05, 3.63) is 76.6 Å². The normalized spacial score (nSPS) is 11.7. The van der Waals surface area contributed by atoms with Crippen LogP contribution in [0, 0.1) is 5.82 Å². The lowest BCUT2D eigenvalue weighted by molar-refractivity contribution is 0.0643. The Hall–Kier alpha value is -3.46. The molecule has 0 bridgehead atoms. The molecule has 2 amide bonds. The maximum Gasteiger partial charge on any atom is 0.394 e. The highest BCUT2D eigenvalue weighted by Crippen LogP contribution is 2.14. The maximum absolute atomic E-state index is 13.0. The SMILES string of the molecule is O=C(Nc1ccc(F)cc1)N[C@@H](Cc1ccc(Cl)cc1)Cc1noc(C(=O)O)n1. The van der Waals surface area contributed by atoms with Crippen molar-refractivity contribution in [3.63, 3.8) is 0 Å². The fraction of sp³-hybridized carbons (Fsp3) is 0.158. The van der Waals surface area contributed by atoms with Crippen molar-refractivity contribution in [2.45, 2.75) is 18.9 Å². The van der Waals surface area contributed by atoms with Crippen molar-refractivity contribution < 1.29 is 23.6 Å². The Morgan fingerprint density at radius 2 is 1.79 bits per heavy atom. The second kappa shape index (κ2) is 9.16. The van der Waals surface area contributed by atoms with Gasteiger partial charge in [-0.3, -0.25) is 0 Å². The number of carbonyl (C=O) groups is 2. The van der Waals surface area contributed by atoms with E-state index in [4.69, 9.17) is 16.7 Å². The minimum Gasteiger partial charge on any atom is -0.474 e. The topological polar surface area (TPSA) is 117 Å². The molecule has 0 spiro atoms. The smallest absolute Gasteiger partial charge is 0.394 e. The van der Waals surface area contributed by atoms with E-state index in [1.807, 2.05) is 12.1 Å². The Kier molecular flexibility index (Phi) is 6.40. The quantitative estimate of drug-likeness (QED) is 0.540. The van der Waals surface area contributed by atoms with Crippen LogP contribution >= 0.6 is 11.6 Å². The zero-order valence-corrected chi connectivity index (χ0v) is 15.7. The van der Waals surface area contributed by atoms with Crippen LogP contribution in [0.25, 0.3) is 0 Å². The second-order valence-electron chi connectivity index (χ2n) is 6.16. The van der Waals surface area contributed by atoms with Gasteiger partial charge in [0.2, 0.25) is 0 Å². The van der Waals surface area contributed by atoms with Crippen LogP contribution in [-0.4, -0.2) is 33.3 Å². The zero-order valence-electron chi connectivity index (χ0n) is 14.9. The van der Waals surface area contributed by atoms with Crippen LogP contribution < -0.4 is 10.6 Å². The minimum absolute atomic E-state index is 0.135. The summed E-state index contributed by atoms with van der Waals surface area (Å²) in [5.74, 6) is -2.13. The number of hydrogen-bond acceptors (Lipinski definition) is 5. The molecule has 0 saturated heterocycles. The van der Waals surface area contributed by atoms with Gasteiger partial charge in [-0.2, -0.15) is 4.98 Å². The number of aromatic nitrogens is 2. The number of aromatic carboxylic acids is 1. The molecule has 0 aliphatic heterocycles. The number of amides is 2. The van der Waals surface area contributed by atoms with Gasteiger partial charge in [0.15, 0.2) is 5.82 Å². The lowest BCUT2D eigenvalue weighted by Crippen LogP contribution is -2.41. The van der Waals surface area contributed by atoms with Crippen molar-refractivity contribution in [1.82, 2.24) is 15.5 Å². The van der Waals surface area contributed by atoms with Gasteiger partial charge in [0, 0.05) is 23.2 Å². The first-order valence-electron chi connectivity index (χ1n) is 8.52. The van der Waals surface area contributed by atoms with E-state index < -0.39 is 29.8 Å². The van der Waals surface area contributed by atoms with Crippen molar-refractivity contribution >= 4 is 29.3 Å². The standard InChI is InChI=1S/C19H16ClFN4O4/c20-12-3-1-11(2-4-12)9-15(10-16-24-17(18(26)27)29-25-16)23-19(28)22-14-7-5-13(21)6-8-14/h1-8,15H,9-10H2,(H,26,27)(H2,22,23,28)/t15-/m0/s1. The third kappa shape index (κ3) is 6.01. The lowest BCUT2D eigenvalue weighted by Gasteiger charge is -2.18. The van der Waals surface area contributed by atoms with Gasteiger partial charge >= 0.3 is 17.9 Å². The average Bonchev–Trinajstić information content (AvgIpc) is 3.14. The van der Waals surface area contributed by atoms with Gasteiger partial charge in [0.1, 0.15) is 5.82 Å². The van der Waals surface area contributed by atoms with E-state index in [0.29, 0.717) is 17.1 Å². The molecular formula is C19H16ClFN4O4. The van der Waals surface area contributed by atoms with Gasteiger partial charge < -0.3 is 20.3 Å². The summed E-state index contributed by atoms with van der Waals surface area (Å²) >= 11 is 5.90. The Morgan fingerprint density at radius 1 is 1.10 bits per heavy atom. The summed E-state index contributed by atoms with van der Waals surface area (Å²) in [7, 11) is 0. The highest BCUT2D eigenvalue weighted by Gasteiger charge is 2.20. The fourth-order valence-electron chi connectivity index (χ4n) is 2.61. The summed E-state index contributed by atoms with van der Waals surface area (Å²) < 4.78 is 17.7. The number of nitrogens with one attached hydrogen (secondary N) is 2. The molecule has 1 atom stereocenters. The second-order valence-corrected chi connectivity index (χ2v) is 6.59. The Bertz CT molecular complexity index is 992. The van der Waals surface area contributed by atoms with E-state index in [0.717, 1.165) is 5.56 Å². The van der Waals surface area contributed by atoms with E-state index in [9.17, 15) is 14.0 Å². The van der Waals surface area contributed by atoms with Crippen LogP contribution in [0.4, 0.5) is 14.9 Å². The number of urea groups is 1. The van der Waals surface area contributed by atoms with E-state index in [1.54, 1.807) is 12.1 Å². The number of halogens is 2. The van der Waals surface area contributed by atoms with E-state index in [1.165, 1.54) is 24.3 Å². The summed E-state index contributed by atoms with van der Waals surface area (Å²) in [6.45, 7) is 0. The maximum atomic E-state index is 13.0.